The maximum absolute atomic E-state index is 11.9. The quantitative estimate of drug-likeness (QED) is 0.381. The average Bonchev–Trinajstić information content (AvgIpc) is 1.80. The summed E-state index contributed by atoms with van der Waals surface area (Å²) in [5.41, 5.74) is 0. The van der Waals surface area contributed by atoms with Gasteiger partial charge in [-0.3, -0.25) is 0 Å². The molecule has 0 unspecified atom stereocenters. The van der Waals surface area contributed by atoms with Gasteiger partial charge >= 0.3 is 10.2 Å². The minimum absolute atomic E-state index is 0.204. The molecule has 0 atom stereocenters. The van der Waals surface area contributed by atoms with Gasteiger partial charge in [-0.15, -0.1) is 3.89 Å². The zero-order chi connectivity index (χ0) is 8.20. The monoisotopic (exact) mass is 166 g/mol. The van der Waals surface area contributed by atoms with Crippen LogP contribution in [0.25, 0.3) is 0 Å². The van der Waals surface area contributed by atoms with Gasteiger partial charge < -0.3 is 5.11 Å². The zero-order valence-electron chi connectivity index (χ0n) is 5.28. The van der Waals surface area contributed by atoms with Gasteiger partial charge in [0.15, 0.2) is 0 Å². The highest BCUT2D eigenvalue weighted by Gasteiger charge is 2.11. The van der Waals surface area contributed by atoms with Crippen molar-refractivity contribution >= 4 is 10.2 Å². The van der Waals surface area contributed by atoms with Crippen molar-refractivity contribution in [2.45, 2.75) is 6.92 Å². The molecule has 1 N–H and O–H groups in total. The van der Waals surface area contributed by atoms with E-state index >= 15 is 0 Å². The summed E-state index contributed by atoms with van der Waals surface area (Å²) >= 11 is 0. The molecule has 0 aromatic rings. The average molecular weight is 166 g/mol. The molecule has 0 aromatic heterocycles. The summed E-state index contributed by atoms with van der Waals surface area (Å²) in [6.45, 7) is 1.51. The molecular weight excluding hydrogens is 159 g/mol. The Balaban J connectivity index is 4.75. The molecule has 0 aliphatic carbocycles. The smallest absolute Gasteiger partial charge is 0.335 e. The van der Waals surface area contributed by atoms with Crippen molar-refractivity contribution in [3.05, 3.63) is 23.3 Å². The Labute approximate surface area is 58.7 Å². The normalized spacial score (nSPS) is 14.4. The van der Waals surface area contributed by atoms with Crippen LogP contribution < -0.4 is 0 Å². The molecule has 3 nitrogen and oxygen atoms in total. The summed E-state index contributed by atoms with van der Waals surface area (Å²) in [5, 5.41) is 8.16. The van der Waals surface area contributed by atoms with Gasteiger partial charge in [0.2, 0.25) is 0 Å². The van der Waals surface area contributed by atoms with Crippen LogP contribution in [0.4, 0.5) is 3.89 Å². The molecule has 0 bridgehead atoms. The van der Waals surface area contributed by atoms with Gasteiger partial charge in [-0.2, -0.15) is 8.42 Å². The first-order valence-electron chi connectivity index (χ1n) is 2.44. The van der Waals surface area contributed by atoms with Crippen molar-refractivity contribution in [3.63, 3.8) is 0 Å². The van der Waals surface area contributed by atoms with Crippen LogP contribution in [-0.2, 0) is 10.2 Å². The van der Waals surface area contributed by atoms with E-state index in [1.807, 2.05) is 0 Å². The maximum Gasteiger partial charge on any atom is 0.335 e. The van der Waals surface area contributed by atoms with E-state index in [9.17, 15) is 12.3 Å². The molecule has 5 heteroatoms. The van der Waals surface area contributed by atoms with Gasteiger partial charge in [-0.05, 0) is 13.0 Å². The second-order valence-electron chi connectivity index (χ2n) is 1.47. The van der Waals surface area contributed by atoms with E-state index in [1.54, 1.807) is 0 Å². The Morgan fingerprint density at radius 2 is 2.10 bits per heavy atom. The fourth-order valence-corrected chi connectivity index (χ4v) is 0.776. The first-order chi connectivity index (χ1) is 4.52. The molecule has 0 saturated heterocycles. The number of rotatable bonds is 2. The van der Waals surface area contributed by atoms with Gasteiger partial charge in [0, 0.05) is 0 Å². The summed E-state index contributed by atoms with van der Waals surface area (Å²) in [5.74, 6) is 0. The summed E-state index contributed by atoms with van der Waals surface area (Å²) < 4.78 is 31.9. The molecule has 0 aromatic carbocycles. The molecule has 58 valence electrons. The Morgan fingerprint density at radius 1 is 1.60 bits per heavy atom. The molecule has 0 amide bonds. The molecule has 0 saturated carbocycles. The van der Waals surface area contributed by atoms with E-state index < -0.39 is 15.1 Å². The van der Waals surface area contributed by atoms with Gasteiger partial charge in [-0.1, -0.05) is 6.08 Å². The molecule has 0 fully saturated rings. The first-order valence-corrected chi connectivity index (χ1v) is 3.82. The third-order valence-electron chi connectivity index (χ3n) is 0.740. The highest BCUT2D eigenvalue weighted by atomic mass is 32.3. The minimum Gasteiger partial charge on any atom is -0.514 e. The largest absolute Gasteiger partial charge is 0.514 e. The van der Waals surface area contributed by atoms with E-state index in [0.717, 1.165) is 6.08 Å². The van der Waals surface area contributed by atoms with Crippen molar-refractivity contribution in [3.8, 4) is 0 Å². The van der Waals surface area contributed by atoms with Crippen molar-refractivity contribution in [1.29, 1.82) is 0 Å². The third-order valence-corrected chi connectivity index (χ3v) is 1.54. The van der Waals surface area contributed by atoms with Gasteiger partial charge in [0.05, 0.1) is 0 Å². The summed E-state index contributed by atoms with van der Waals surface area (Å²) in [7, 11) is -4.75. The lowest BCUT2D eigenvalue weighted by Crippen LogP contribution is -1.92. The van der Waals surface area contributed by atoms with Crippen LogP contribution in [0.2, 0.25) is 0 Å². The van der Waals surface area contributed by atoms with Crippen LogP contribution in [0.1, 0.15) is 6.92 Å². The van der Waals surface area contributed by atoms with Crippen molar-refractivity contribution in [1.82, 2.24) is 0 Å². The van der Waals surface area contributed by atoms with Gasteiger partial charge in [-0.25, -0.2) is 0 Å². The fourth-order valence-electron chi connectivity index (χ4n) is 0.352. The van der Waals surface area contributed by atoms with Crippen LogP contribution in [-0.4, -0.2) is 13.5 Å². The first kappa shape index (κ1) is 9.16. The van der Waals surface area contributed by atoms with Crippen LogP contribution in [0.15, 0.2) is 23.3 Å². The predicted octanol–water partition coefficient (Wildman–Crippen LogP) is 1.26. The van der Waals surface area contributed by atoms with Crippen molar-refractivity contribution < 1.29 is 17.4 Å². The topological polar surface area (TPSA) is 54.4 Å². The van der Waals surface area contributed by atoms with E-state index in [2.05, 4.69) is 0 Å². The van der Waals surface area contributed by atoms with Crippen LogP contribution in [0.5, 0.6) is 0 Å². The number of aliphatic hydroxyl groups is 1. The highest BCUT2D eigenvalue weighted by molar-refractivity contribution is 7.90. The van der Waals surface area contributed by atoms with Crippen molar-refractivity contribution in [2.75, 3.05) is 0 Å². The molecule has 0 aliphatic rings. The number of hydrogen-bond donors (Lipinski definition) is 1. The van der Waals surface area contributed by atoms with E-state index in [-0.39, 0.29) is 6.26 Å². The Bertz CT molecular complexity index is 250. The second kappa shape index (κ2) is 3.36. The summed E-state index contributed by atoms with van der Waals surface area (Å²) in [4.78, 5) is -0.741. The van der Waals surface area contributed by atoms with Gasteiger partial charge in [0.1, 0.15) is 11.2 Å². The zero-order valence-corrected chi connectivity index (χ0v) is 6.10. The van der Waals surface area contributed by atoms with Crippen LogP contribution in [0, 0.1) is 0 Å². The number of aliphatic hydroxyl groups excluding tert-OH is 1. The van der Waals surface area contributed by atoms with E-state index in [0.29, 0.717) is 0 Å². The number of halogens is 1. The summed E-state index contributed by atoms with van der Waals surface area (Å²) in [6, 6.07) is 0. The molecule has 0 aliphatic heterocycles. The lowest BCUT2D eigenvalue weighted by atomic mass is 10.5. The number of allylic oxidation sites excluding steroid dienone is 2. The van der Waals surface area contributed by atoms with Gasteiger partial charge in [0.25, 0.3) is 0 Å². The standard InChI is InChI=1S/C5H7FO3S/c1-2-3-5(4-7)10(6,8)9/h2-4,7H,1H3/b3-2-,5-4+. The second-order valence-corrected chi connectivity index (χ2v) is 2.82. The SMILES string of the molecule is C/C=C\C(=C/O)S(=O)(=O)F. The minimum atomic E-state index is -4.75. The molecule has 0 heterocycles. The fraction of sp³-hybridized carbons (Fsp3) is 0.200. The molecule has 0 radical (unpaired) electrons. The van der Waals surface area contributed by atoms with Crippen LogP contribution >= 0.6 is 0 Å². The Kier molecular flexibility index (Phi) is 3.08. The molecule has 10 heavy (non-hydrogen) atoms. The number of hydrogen-bond acceptors (Lipinski definition) is 3. The summed E-state index contributed by atoms with van der Waals surface area (Å²) in [6.07, 6.45) is 2.46. The molecule has 0 spiro atoms. The van der Waals surface area contributed by atoms with E-state index in [4.69, 9.17) is 5.11 Å². The lowest BCUT2D eigenvalue weighted by molar-refractivity contribution is 0.470. The predicted molar refractivity (Wildman–Crippen MR) is 35.6 cm³/mol. The molecule has 0 rings (SSSR count). The van der Waals surface area contributed by atoms with Crippen molar-refractivity contribution in [2.24, 2.45) is 0 Å². The maximum atomic E-state index is 11.9. The third kappa shape index (κ3) is 2.63. The Hall–Kier alpha value is -0.840. The highest BCUT2D eigenvalue weighted by Crippen LogP contribution is 2.08. The lowest BCUT2D eigenvalue weighted by Gasteiger charge is -1.89. The molecular formula is C5H7FO3S. The Morgan fingerprint density at radius 3 is 2.20 bits per heavy atom. The van der Waals surface area contributed by atoms with E-state index in [1.165, 1.54) is 13.0 Å². The van der Waals surface area contributed by atoms with Crippen LogP contribution in [0.3, 0.4) is 0 Å².